The molecular formula is C9H17N3O2S. The van der Waals surface area contributed by atoms with E-state index in [1.165, 1.54) is 12.3 Å². The van der Waals surface area contributed by atoms with Gasteiger partial charge in [0.2, 0.25) is 10.0 Å². The van der Waals surface area contributed by atoms with Gasteiger partial charge >= 0.3 is 0 Å². The summed E-state index contributed by atoms with van der Waals surface area (Å²) in [6.07, 6.45) is 4.09. The molecule has 1 rings (SSSR count). The topological polar surface area (TPSA) is 74.0 Å². The summed E-state index contributed by atoms with van der Waals surface area (Å²) in [4.78, 5) is 2.99. The first-order chi connectivity index (χ1) is 7.17. The highest BCUT2D eigenvalue weighted by Crippen LogP contribution is 2.04. The molecule has 0 unspecified atom stereocenters. The molecule has 6 heteroatoms. The third kappa shape index (κ3) is 4.03. The molecule has 1 heterocycles. The summed E-state index contributed by atoms with van der Waals surface area (Å²) in [6, 6.07) is 1.53. The van der Waals surface area contributed by atoms with Crippen molar-refractivity contribution < 1.29 is 8.42 Å². The Kier molecular flexibility index (Phi) is 4.80. The largest absolute Gasteiger partial charge is 0.366 e. The van der Waals surface area contributed by atoms with Gasteiger partial charge < -0.3 is 10.3 Å². The van der Waals surface area contributed by atoms with Gasteiger partial charge in [0.25, 0.3) is 0 Å². The molecule has 0 radical (unpaired) electrons. The van der Waals surface area contributed by atoms with E-state index >= 15 is 0 Å². The molecule has 15 heavy (non-hydrogen) atoms. The van der Waals surface area contributed by atoms with E-state index in [0.29, 0.717) is 13.1 Å². The van der Waals surface area contributed by atoms with Crippen molar-refractivity contribution in [2.24, 2.45) is 0 Å². The van der Waals surface area contributed by atoms with Crippen LogP contribution in [0.2, 0.25) is 0 Å². The number of nitrogens with one attached hydrogen (secondary N) is 3. The molecule has 0 fully saturated rings. The second-order valence-electron chi connectivity index (χ2n) is 3.19. The normalized spacial score (nSPS) is 11.8. The van der Waals surface area contributed by atoms with Crippen molar-refractivity contribution in [1.29, 1.82) is 0 Å². The van der Waals surface area contributed by atoms with Crippen LogP contribution in [-0.4, -0.2) is 33.0 Å². The zero-order valence-corrected chi connectivity index (χ0v) is 9.60. The van der Waals surface area contributed by atoms with E-state index in [1.807, 2.05) is 0 Å². The molecule has 0 aromatic carbocycles. The maximum absolute atomic E-state index is 11.6. The van der Waals surface area contributed by atoms with E-state index < -0.39 is 10.0 Å². The fourth-order valence-electron chi connectivity index (χ4n) is 1.13. The predicted octanol–water partition coefficient (Wildman–Crippen LogP) is 0.293. The number of hydrogen-bond donors (Lipinski definition) is 3. The lowest BCUT2D eigenvalue weighted by Gasteiger charge is -2.05. The van der Waals surface area contributed by atoms with E-state index in [0.717, 1.165) is 13.0 Å². The molecule has 0 bridgehead atoms. The van der Waals surface area contributed by atoms with Crippen molar-refractivity contribution in [3.05, 3.63) is 18.5 Å². The molecule has 0 atom stereocenters. The Hall–Kier alpha value is -0.850. The summed E-state index contributed by atoms with van der Waals surface area (Å²) in [7, 11) is -3.33. The second-order valence-corrected chi connectivity index (χ2v) is 4.96. The highest BCUT2D eigenvalue weighted by Gasteiger charge is 2.12. The summed E-state index contributed by atoms with van der Waals surface area (Å²) in [5.41, 5.74) is 0. The monoisotopic (exact) mass is 231 g/mol. The van der Waals surface area contributed by atoms with Crippen molar-refractivity contribution in [2.75, 3.05) is 19.6 Å². The average molecular weight is 231 g/mol. The Labute approximate surface area is 90.3 Å². The minimum Gasteiger partial charge on any atom is -0.366 e. The van der Waals surface area contributed by atoms with E-state index in [9.17, 15) is 8.42 Å². The van der Waals surface area contributed by atoms with Crippen molar-refractivity contribution in [3.63, 3.8) is 0 Å². The van der Waals surface area contributed by atoms with Gasteiger partial charge in [-0.2, -0.15) is 0 Å². The zero-order valence-electron chi connectivity index (χ0n) is 8.79. The maximum Gasteiger partial charge on any atom is 0.242 e. The smallest absolute Gasteiger partial charge is 0.242 e. The van der Waals surface area contributed by atoms with Crippen LogP contribution < -0.4 is 10.0 Å². The molecule has 86 valence electrons. The summed E-state index contributed by atoms with van der Waals surface area (Å²) in [5, 5.41) is 3.12. The molecule has 0 aliphatic rings. The number of rotatable bonds is 7. The van der Waals surface area contributed by atoms with Gasteiger partial charge in [0.15, 0.2) is 0 Å². The van der Waals surface area contributed by atoms with Crippen molar-refractivity contribution in [1.82, 2.24) is 15.0 Å². The molecular weight excluding hydrogens is 214 g/mol. The van der Waals surface area contributed by atoms with E-state index in [-0.39, 0.29) is 4.90 Å². The van der Waals surface area contributed by atoms with Gasteiger partial charge in [-0.15, -0.1) is 0 Å². The van der Waals surface area contributed by atoms with Gasteiger partial charge in [-0.25, -0.2) is 13.1 Å². The molecule has 0 saturated carbocycles. The van der Waals surface area contributed by atoms with Crippen LogP contribution in [0.5, 0.6) is 0 Å². The summed E-state index contributed by atoms with van der Waals surface area (Å²) < 4.78 is 25.6. The number of aromatic nitrogens is 1. The van der Waals surface area contributed by atoms with Gasteiger partial charge in [0, 0.05) is 25.5 Å². The van der Waals surface area contributed by atoms with Crippen molar-refractivity contribution >= 4 is 10.0 Å². The first-order valence-corrected chi connectivity index (χ1v) is 6.48. The Bertz CT molecular complexity index is 359. The minimum absolute atomic E-state index is 0.276. The Morgan fingerprint density at radius 3 is 2.73 bits per heavy atom. The van der Waals surface area contributed by atoms with Gasteiger partial charge in [0.05, 0.1) is 4.90 Å². The number of aromatic amines is 1. The predicted molar refractivity (Wildman–Crippen MR) is 59.1 cm³/mol. The third-order valence-electron chi connectivity index (χ3n) is 1.90. The van der Waals surface area contributed by atoms with Crippen LogP contribution in [0.1, 0.15) is 13.3 Å². The standard InChI is InChI=1S/C9H17N3O2S/c1-2-4-10-6-7-12-15(13,14)9-3-5-11-8-9/h3,5,8,10-12H,2,4,6-7H2,1H3. The van der Waals surface area contributed by atoms with Crippen LogP contribution in [0.15, 0.2) is 23.4 Å². The molecule has 1 aromatic rings. The Balaban J connectivity index is 2.32. The van der Waals surface area contributed by atoms with Crippen LogP contribution in [0, 0.1) is 0 Å². The highest BCUT2D eigenvalue weighted by molar-refractivity contribution is 7.89. The molecule has 5 nitrogen and oxygen atoms in total. The SMILES string of the molecule is CCCNCCNS(=O)(=O)c1cc[nH]c1. The van der Waals surface area contributed by atoms with Crippen LogP contribution in [0.25, 0.3) is 0 Å². The highest BCUT2D eigenvalue weighted by atomic mass is 32.2. The minimum atomic E-state index is -3.33. The van der Waals surface area contributed by atoms with Gasteiger partial charge in [0.1, 0.15) is 0 Å². The molecule has 0 aliphatic heterocycles. The quantitative estimate of drug-likeness (QED) is 0.591. The molecule has 3 N–H and O–H groups in total. The third-order valence-corrected chi connectivity index (χ3v) is 3.36. The first-order valence-electron chi connectivity index (χ1n) is 5.00. The summed E-state index contributed by atoms with van der Waals surface area (Å²) in [5.74, 6) is 0. The van der Waals surface area contributed by atoms with Crippen LogP contribution in [0.4, 0.5) is 0 Å². The van der Waals surface area contributed by atoms with E-state index in [4.69, 9.17) is 0 Å². The molecule has 0 saturated heterocycles. The van der Waals surface area contributed by atoms with Crippen LogP contribution >= 0.6 is 0 Å². The summed E-state index contributed by atoms with van der Waals surface area (Å²) >= 11 is 0. The average Bonchev–Trinajstić information content (AvgIpc) is 2.70. The lowest BCUT2D eigenvalue weighted by Crippen LogP contribution is -2.31. The van der Waals surface area contributed by atoms with E-state index in [2.05, 4.69) is 21.9 Å². The van der Waals surface area contributed by atoms with Gasteiger partial charge in [-0.05, 0) is 19.0 Å². The second kappa shape index (κ2) is 5.89. The molecule has 1 aromatic heterocycles. The van der Waals surface area contributed by atoms with Crippen molar-refractivity contribution in [3.8, 4) is 0 Å². The number of sulfonamides is 1. The molecule has 0 aliphatic carbocycles. The summed E-state index contributed by atoms with van der Waals surface area (Å²) in [6.45, 7) is 4.04. The van der Waals surface area contributed by atoms with Crippen LogP contribution in [0.3, 0.4) is 0 Å². The maximum atomic E-state index is 11.6. The molecule has 0 amide bonds. The lowest BCUT2D eigenvalue weighted by atomic mass is 10.5. The van der Waals surface area contributed by atoms with Gasteiger partial charge in [-0.3, -0.25) is 0 Å². The fourth-order valence-corrected chi connectivity index (χ4v) is 2.14. The van der Waals surface area contributed by atoms with Gasteiger partial charge in [-0.1, -0.05) is 6.92 Å². The lowest BCUT2D eigenvalue weighted by molar-refractivity contribution is 0.575. The number of H-pyrrole nitrogens is 1. The fraction of sp³-hybridized carbons (Fsp3) is 0.556. The number of hydrogen-bond acceptors (Lipinski definition) is 3. The van der Waals surface area contributed by atoms with Crippen LogP contribution in [-0.2, 0) is 10.0 Å². The Morgan fingerprint density at radius 2 is 2.13 bits per heavy atom. The Morgan fingerprint density at radius 1 is 1.33 bits per heavy atom. The van der Waals surface area contributed by atoms with Crippen molar-refractivity contribution in [2.45, 2.75) is 18.2 Å². The zero-order chi connectivity index (χ0) is 11.1. The van der Waals surface area contributed by atoms with E-state index in [1.54, 1.807) is 6.20 Å². The molecule has 0 spiro atoms. The first kappa shape index (κ1) is 12.2.